The van der Waals surface area contributed by atoms with E-state index in [1.54, 1.807) is 22.4 Å². The first-order valence-corrected chi connectivity index (χ1v) is 16.7. The minimum Gasteiger partial charge on any atom is -0.345 e. The molecule has 1 aliphatic heterocycles. The molecule has 0 spiro atoms. The van der Waals surface area contributed by atoms with Crippen LogP contribution in [0, 0.1) is 13.8 Å². The van der Waals surface area contributed by atoms with Crippen molar-refractivity contribution in [3.05, 3.63) is 135 Å². The fraction of sp³-hybridized carbons (Fsp3) is 0.229. The first-order chi connectivity index (χ1) is 21.9. The maximum Gasteiger partial charge on any atom is 0.253 e. The van der Waals surface area contributed by atoms with Crippen LogP contribution in [-0.2, 0) is 24.3 Å². The van der Waals surface area contributed by atoms with E-state index in [4.69, 9.17) is 5.10 Å². The zero-order valence-corrected chi connectivity index (χ0v) is 26.9. The zero-order chi connectivity index (χ0) is 31.2. The van der Waals surface area contributed by atoms with Crippen LogP contribution in [0.2, 0.25) is 0 Å². The van der Waals surface area contributed by atoms with Crippen LogP contribution in [-0.4, -0.2) is 43.1 Å². The van der Waals surface area contributed by atoms with Gasteiger partial charge < -0.3 is 9.88 Å². The van der Waals surface area contributed by atoms with Crippen molar-refractivity contribution in [2.75, 3.05) is 5.75 Å². The van der Waals surface area contributed by atoms with Crippen molar-refractivity contribution in [2.24, 2.45) is 5.10 Å². The van der Waals surface area contributed by atoms with E-state index in [9.17, 15) is 9.59 Å². The van der Waals surface area contributed by atoms with Crippen molar-refractivity contribution in [1.29, 1.82) is 0 Å². The van der Waals surface area contributed by atoms with Crippen molar-refractivity contribution in [2.45, 2.75) is 51.0 Å². The van der Waals surface area contributed by atoms with Gasteiger partial charge >= 0.3 is 0 Å². The maximum absolute atomic E-state index is 13.8. The molecule has 5 aromatic rings. The van der Waals surface area contributed by atoms with Gasteiger partial charge in [-0.1, -0.05) is 95.7 Å². The monoisotopic (exact) mass is 634 g/mol. The lowest BCUT2D eigenvalue weighted by Crippen LogP contribution is -2.28. The molecular weight excluding hydrogens is 601 g/mol. The molecule has 8 nitrogen and oxygen atoms in total. The van der Waals surface area contributed by atoms with Crippen LogP contribution < -0.4 is 5.32 Å². The molecule has 3 heterocycles. The van der Waals surface area contributed by atoms with Gasteiger partial charge in [0.2, 0.25) is 0 Å². The molecule has 0 aliphatic carbocycles. The molecule has 0 bridgehead atoms. The van der Waals surface area contributed by atoms with E-state index in [0.717, 1.165) is 28.1 Å². The largest absolute Gasteiger partial charge is 0.345 e. The molecular formula is C35H34N6O2S2. The van der Waals surface area contributed by atoms with Gasteiger partial charge in [-0.15, -0.1) is 21.5 Å². The molecule has 10 heteroatoms. The van der Waals surface area contributed by atoms with E-state index in [1.165, 1.54) is 22.9 Å². The van der Waals surface area contributed by atoms with Crippen molar-refractivity contribution in [3.8, 4) is 0 Å². The lowest BCUT2D eigenvalue weighted by Gasteiger charge is -2.22. The molecule has 228 valence electrons. The number of hydrazone groups is 1. The molecule has 1 atom stereocenters. The van der Waals surface area contributed by atoms with Gasteiger partial charge in [-0.3, -0.25) is 9.59 Å². The van der Waals surface area contributed by atoms with Gasteiger partial charge in [0.15, 0.2) is 11.0 Å². The summed E-state index contributed by atoms with van der Waals surface area (Å²) in [5.74, 6) is 0.529. The van der Waals surface area contributed by atoms with E-state index in [-0.39, 0.29) is 30.2 Å². The molecule has 1 aliphatic rings. The molecule has 0 saturated heterocycles. The standard InChI is InChI=1S/C35H34N6O2S2/c1-24-13-15-27(16-14-24)30-21-29(31-12-7-19-44-31)39-41(30)33(42)23-45-35-38-37-32(40(35)18-17-26-9-4-3-5-10-26)22-36-34(43)28-11-6-8-25(2)20-28/h3-16,19-20,30H,17-18,21-23H2,1-2H3,(H,36,43). The summed E-state index contributed by atoms with van der Waals surface area (Å²) >= 11 is 2.98. The summed E-state index contributed by atoms with van der Waals surface area (Å²) in [5.41, 5.74) is 5.96. The summed E-state index contributed by atoms with van der Waals surface area (Å²) in [6, 6.07) is 29.9. The number of carbonyl (C=O) groups excluding carboxylic acids is 2. The summed E-state index contributed by atoms with van der Waals surface area (Å²) in [6.45, 7) is 4.85. The first kappa shape index (κ1) is 30.5. The van der Waals surface area contributed by atoms with Crippen molar-refractivity contribution in [1.82, 2.24) is 25.1 Å². The maximum atomic E-state index is 13.8. The van der Waals surface area contributed by atoms with Gasteiger partial charge in [-0.05, 0) is 55.0 Å². The minimum absolute atomic E-state index is 0.0935. The van der Waals surface area contributed by atoms with E-state index in [1.807, 2.05) is 65.4 Å². The van der Waals surface area contributed by atoms with Gasteiger partial charge in [-0.2, -0.15) is 5.10 Å². The van der Waals surface area contributed by atoms with Gasteiger partial charge in [0.05, 0.1) is 28.9 Å². The number of nitrogens with one attached hydrogen (secondary N) is 1. The number of carbonyl (C=O) groups is 2. The molecule has 1 N–H and O–H groups in total. The third-order valence-electron chi connectivity index (χ3n) is 7.71. The van der Waals surface area contributed by atoms with Crippen LogP contribution in [0.1, 0.15) is 55.8 Å². The fourth-order valence-electron chi connectivity index (χ4n) is 5.29. The topological polar surface area (TPSA) is 92.5 Å². The molecule has 0 saturated carbocycles. The van der Waals surface area contributed by atoms with Gasteiger partial charge in [0.25, 0.3) is 11.8 Å². The van der Waals surface area contributed by atoms with Gasteiger partial charge in [0, 0.05) is 18.5 Å². The smallest absolute Gasteiger partial charge is 0.253 e. The Balaban J connectivity index is 1.19. The van der Waals surface area contributed by atoms with E-state index in [0.29, 0.717) is 29.5 Å². The average Bonchev–Trinajstić information content (AvgIpc) is 3.83. The second kappa shape index (κ2) is 14.0. The summed E-state index contributed by atoms with van der Waals surface area (Å²) in [4.78, 5) is 27.7. The van der Waals surface area contributed by atoms with Crippen LogP contribution in [0.4, 0.5) is 0 Å². The Labute approximate surface area is 271 Å². The van der Waals surface area contributed by atoms with Crippen LogP contribution in [0.5, 0.6) is 0 Å². The predicted molar refractivity (Wildman–Crippen MR) is 179 cm³/mol. The highest BCUT2D eigenvalue weighted by Gasteiger charge is 2.33. The summed E-state index contributed by atoms with van der Waals surface area (Å²) < 4.78 is 2.00. The lowest BCUT2D eigenvalue weighted by molar-refractivity contribution is -0.130. The second-order valence-corrected chi connectivity index (χ2v) is 12.9. The van der Waals surface area contributed by atoms with Gasteiger partial charge in [-0.25, -0.2) is 5.01 Å². The van der Waals surface area contributed by atoms with E-state index in [2.05, 4.69) is 58.8 Å². The Morgan fingerprint density at radius 2 is 1.76 bits per heavy atom. The number of hydrogen-bond acceptors (Lipinski definition) is 7. The predicted octanol–water partition coefficient (Wildman–Crippen LogP) is 6.60. The Hall–Kier alpha value is -4.54. The molecule has 2 aromatic heterocycles. The highest BCUT2D eigenvalue weighted by molar-refractivity contribution is 7.99. The highest BCUT2D eigenvalue weighted by atomic mass is 32.2. The fourth-order valence-corrected chi connectivity index (χ4v) is 6.84. The number of rotatable bonds is 11. The number of aryl methyl sites for hydroxylation is 3. The third-order valence-corrected chi connectivity index (χ3v) is 9.58. The number of thioether (sulfide) groups is 1. The van der Waals surface area contributed by atoms with Crippen LogP contribution in [0.15, 0.2) is 107 Å². The SMILES string of the molecule is Cc1ccc(C2CC(c3cccs3)=NN2C(=O)CSc2nnc(CNC(=O)c3cccc(C)c3)n2CCc2ccccc2)cc1. The van der Waals surface area contributed by atoms with E-state index >= 15 is 0 Å². The summed E-state index contributed by atoms with van der Waals surface area (Å²) in [5, 5.41) is 21.0. The normalized spacial score (nSPS) is 14.4. The Bertz CT molecular complexity index is 1800. The number of nitrogens with zero attached hydrogens (tertiary/aromatic N) is 5. The lowest BCUT2D eigenvalue weighted by atomic mass is 10.00. The molecule has 0 fully saturated rings. The number of benzene rings is 3. The van der Waals surface area contributed by atoms with Crippen molar-refractivity contribution in [3.63, 3.8) is 0 Å². The van der Waals surface area contributed by atoms with Crippen molar-refractivity contribution < 1.29 is 9.59 Å². The highest BCUT2D eigenvalue weighted by Crippen LogP contribution is 2.35. The van der Waals surface area contributed by atoms with Crippen LogP contribution in [0.3, 0.4) is 0 Å². The first-order valence-electron chi connectivity index (χ1n) is 14.9. The Kier molecular flexibility index (Phi) is 9.52. The zero-order valence-electron chi connectivity index (χ0n) is 25.2. The molecule has 2 amide bonds. The summed E-state index contributed by atoms with van der Waals surface area (Å²) in [7, 11) is 0. The van der Waals surface area contributed by atoms with Crippen molar-refractivity contribution >= 4 is 40.6 Å². The van der Waals surface area contributed by atoms with E-state index < -0.39 is 0 Å². The average molecular weight is 635 g/mol. The summed E-state index contributed by atoms with van der Waals surface area (Å²) in [6.07, 6.45) is 1.42. The van der Waals surface area contributed by atoms with Gasteiger partial charge in [0.1, 0.15) is 0 Å². The molecule has 45 heavy (non-hydrogen) atoms. The minimum atomic E-state index is -0.170. The quantitative estimate of drug-likeness (QED) is 0.165. The molecule has 0 radical (unpaired) electrons. The molecule has 1 unspecified atom stereocenters. The van der Waals surface area contributed by atoms with Crippen LogP contribution in [0.25, 0.3) is 0 Å². The number of thiophene rings is 1. The second-order valence-electron chi connectivity index (χ2n) is 11.0. The van der Waals surface area contributed by atoms with Crippen LogP contribution >= 0.6 is 23.1 Å². The molecule has 3 aromatic carbocycles. The molecule has 6 rings (SSSR count). The Morgan fingerprint density at radius 1 is 0.933 bits per heavy atom. The Morgan fingerprint density at radius 3 is 2.51 bits per heavy atom. The third kappa shape index (κ3) is 7.41. The number of hydrogen-bond donors (Lipinski definition) is 1. The number of aromatic nitrogens is 3. The number of amides is 2.